The van der Waals surface area contributed by atoms with Gasteiger partial charge in [-0.15, -0.1) is 0 Å². The molecule has 0 spiro atoms. The maximum Gasteiger partial charge on any atom is 0.0467 e. The van der Waals surface area contributed by atoms with Crippen LogP contribution in [-0.2, 0) is 4.74 Å². The van der Waals surface area contributed by atoms with E-state index in [0.29, 0.717) is 5.41 Å². The Bertz CT molecular complexity index is 206. The molecule has 108 valence electrons. The summed E-state index contributed by atoms with van der Waals surface area (Å²) < 4.78 is 5.15. The third-order valence-corrected chi connectivity index (χ3v) is 4.89. The molecule has 3 nitrogen and oxygen atoms in total. The highest BCUT2D eigenvalue weighted by Crippen LogP contribution is 2.20. The lowest BCUT2D eigenvalue weighted by molar-refractivity contribution is 0.151. The lowest BCUT2D eigenvalue weighted by Crippen LogP contribution is -2.33. The molecule has 0 unspecified atom stereocenters. The van der Waals surface area contributed by atoms with Gasteiger partial charge in [-0.05, 0) is 37.8 Å². The van der Waals surface area contributed by atoms with Crippen molar-refractivity contribution >= 4 is 11.8 Å². The first-order valence-corrected chi connectivity index (χ1v) is 8.21. The minimum absolute atomic E-state index is 0.343. The van der Waals surface area contributed by atoms with Crippen LogP contribution in [0.1, 0.15) is 33.1 Å². The van der Waals surface area contributed by atoms with Crippen LogP contribution in [0.3, 0.4) is 0 Å². The van der Waals surface area contributed by atoms with E-state index in [1.807, 2.05) is 0 Å². The van der Waals surface area contributed by atoms with Crippen LogP contribution in [0.2, 0.25) is 0 Å². The lowest BCUT2D eigenvalue weighted by atomic mass is 9.90. The van der Waals surface area contributed by atoms with E-state index in [2.05, 4.69) is 36.2 Å². The third kappa shape index (κ3) is 7.62. The Labute approximate surface area is 117 Å². The van der Waals surface area contributed by atoms with Gasteiger partial charge in [0.25, 0.3) is 0 Å². The van der Waals surface area contributed by atoms with E-state index in [4.69, 9.17) is 4.74 Å². The zero-order valence-corrected chi connectivity index (χ0v) is 13.1. The van der Waals surface area contributed by atoms with Gasteiger partial charge in [-0.25, -0.2) is 0 Å². The quantitative estimate of drug-likeness (QED) is 0.631. The number of thioether (sulfide) groups is 1. The summed E-state index contributed by atoms with van der Waals surface area (Å²) in [4.78, 5) is 0. The Kier molecular flexibility index (Phi) is 8.31. The summed E-state index contributed by atoms with van der Waals surface area (Å²) in [5.41, 5.74) is 0.343. The molecular formula is C14H30N2OS. The molecule has 0 saturated carbocycles. The van der Waals surface area contributed by atoms with Crippen molar-refractivity contribution in [1.82, 2.24) is 10.6 Å². The second-order valence-electron chi connectivity index (χ2n) is 5.90. The number of piperidine rings is 1. The van der Waals surface area contributed by atoms with Crippen LogP contribution in [0, 0.1) is 5.41 Å². The first kappa shape index (κ1) is 16.3. The van der Waals surface area contributed by atoms with Gasteiger partial charge >= 0.3 is 0 Å². The van der Waals surface area contributed by atoms with Gasteiger partial charge in [0.1, 0.15) is 0 Å². The van der Waals surface area contributed by atoms with Crippen molar-refractivity contribution in [3.8, 4) is 0 Å². The predicted octanol–water partition coefficient (Wildman–Crippen LogP) is 2.12. The molecule has 0 bridgehead atoms. The van der Waals surface area contributed by atoms with E-state index >= 15 is 0 Å². The zero-order chi connectivity index (χ0) is 13.3. The minimum atomic E-state index is 0.343. The fourth-order valence-corrected chi connectivity index (χ4v) is 3.32. The third-order valence-electron chi connectivity index (χ3n) is 3.51. The van der Waals surface area contributed by atoms with Gasteiger partial charge in [-0.1, -0.05) is 13.8 Å². The summed E-state index contributed by atoms with van der Waals surface area (Å²) in [5, 5.41) is 7.88. The number of hydrogen-bond donors (Lipinski definition) is 2. The van der Waals surface area contributed by atoms with Gasteiger partial charge in [0.05, 0.1) is 0 Å². The summed E-state index contributed by atoms with van der Waals surface area (Å²) in [7, 11) is 1.78. The first-order valence-electron chi connectivity index (χ1n) is 7.16. The topological polar surface area (TPSA) is 33.3 Å². The fraction of sp³-hybridized carbons (Fsp3) is 1.00. The molecule has 1 heterocycles. The second-order valence-corrected chi connectivity index (χ2v) is 7.31. The monoisotopic (exact) mass is 274 g/mol. The summed E-state index contributed by atoms with van der Waals surface area (Å²) in [5.74, 6) is 1.24. The molecule has 1 saturated heterocycles. The standard InChI is InChI=1S/C14H30N2OS/c1-14(2,6-10-17-3)12-16-9-11-18-13-4-7-15-8-5-13/h13,15-16H,4-12H2,1-3H3. The Morgan fingerprint density at radius 1 is 1.33 bits per heavy atom. The molecule has 0 amide bonds. The molecule has 0 aromatic rings. The fourth-order valence-electron chi connectivity index (χ4n) is 2.15. The number of ether oxygens (including phenoxy) is 1. The zero-order valence-electron chi connectivity index (χ0n) is 12.3. The molecule has 2 N–H and O–H groups in total. The molecule has 18 heavy (non-hydrogen) atoms. The van der Waals surface area contributed by atoms with E-state index in [9.17, 15) is 0 Å². The van der Waals surface area contributed by atoms with Gasteiger partial charge in [-0.2, -0.15) is 11.8 Å². The van der Waals surface area contributed by atoms with Crippen LogP contribution < -0.4 is 10.6 Å². The van der Waals surface area contributed by atoms with Crippen LogP contribution >= 0.6 is 11.8 Å². The molecule has 0 radical (unpaired) electrons. The van der Waals surface area contributed by atoms with E-state index in [0.717, 1.165) is 31.4 Å². The predicted molar refractivity (Wildman–Crippen MR) is 81.5 cm³/mol. The number of methoxy groups -OCH3 is 1. The van der Waals surface area contributed by atoms with Crippen LogP contribution in [0.4, 0.5) is 0 Å². The summed E-state index contributed by atoms with van der Waals surface area (Å²) in [6.07, 6.45) is 3.80. The molecular weight excluding hydrogens is 244 g/mol. The van der Waals surface area contributed by atoms with Crippen molar-refractivity contribution in [3.05, 3.63) is 0 Å². The Balaban J connectivity index is 1.96. The van der Waals surface area contributed by atoms with Crippen LogP contribution in [-0.4, -0.2) is 50.9 Å². The highest BCUT2D eigenvalue weighted by atomic mass is 32.2. The van der Waals surface area contributed by atoms with Crippen molar-refractivity contribution in [2.75, 3.05) is 45.6 Å². The average molecular weight is 274 g/mol. The maximum atomic E-state index is 5.15. The Morgan fingerprint density at radius 2 is 2.06 bits per heavy atom. The van der Waals surface area contributed by atoms with Crippen LogP contribution in [0.15, 0.2) is 0 Å². The van der Waals surface area contributed by atoms with E-state index in [1.54, 1.807) is 7.11 Å². The van der Waals surface area contributed by atoms with Gasteiger partial charge < -0.3 is 15.4 Å². The first-order chi connectivity index (χ1) is 8.64. The second kappa shape index (κ2) is 9.18. The minimum Gasteiger partial charge on any atom is -0.385 e. The smallest absolute Gasteiger partial charge is 0.0467 e. The molecule has 1 aliphatic heterocycles. The van der Waals surface area contributed by atoms with Gasteiger partial charge in [-0.3, -0.25) is 0 Å². The molecule has 1 fully saturated rings. The maximum absolute atomic E-state index is 5.15. The molecule has 0 atom stereocenters. The largest absolute Gasteiger partial charge is 0.385 e. The van der Waals surface area contributed by atoms with Gasteiger partial charge in [0, 0.05) is 37.8 Å². The molecule has 1 rings (SSSR count). The number of rotatable bonds is 9. The van der Waals surface area contributed by atoms with Gasteiger partial charge in [0.2, 0.25) is 0 Å². The highest BCUT2D eigenvalue weighted by Gasteiger charge is 2.17. The van der Waals surface area contributed by atoms with Gasteiger partial charge in [0.15, 0.2) is 0 Å². The van der Waals surface area contributed by atoms with Crippen molar-refractivity contribution in [1.29, 1.82) is 0 Å². The highest BCUT2D eigenvalue weighted by molar-refractivity contribution is 7.99. The lowest BCUT2D eigenvalue weighted by Gasteiger charge is -2.25. The van der Waals surface area contributed by atoms with E-state index in [-0.39, 0.29) is 0 Å². The SMILES string of the molecule is COCCC(C)(C)CNCCSC1CCNCC1. The molecule has 0 aromatic carbocycles. The van der Waals surface area contributed by atoms with Crippen LogP contribution in [0.25, 0.3) is 0 Å². The number of hydrogen-bond acceptors (Lipinski definition) is 4. The van der Waals surface area contributed by atoms with Crippen molar-refractivity contribution in [3.63, 3.8) is 0 Å². The normalized spacial score (nSPS) is 18.2. The molecule has 4 heteroatoms. The van der Waals surface area contributed by atoms with Crippen molar-refractivity contribution < 1.29 is 4.74 Å². The van der Waals surface area contributed by atoms with Crippen LogP contribution in [0.5, 0.6) is 0 Å². The van der Waals surface area contributed by atoms with Crippen molar-refractivity contribution in [2.45, 2.75) is 38.4 Å². The van der Waals surface area contributed by atoms with Crippen molar-refractivity contribution in [2.24, 2.45) is 5.41 Å². The Hall–Kier alpha value is 0.230. The number of nitrogens with one attached hydrogen (secondary N) is 2. The summed E-state index contributed by atoms with van der Waals surface area (Å²) in [6.45, 7) is 10.1. The molecule has 0 aliphatic carbocycles. The summed E-state index contributed by atoms with van der Waals surface area (Å²) >= 11 is 2.14. The summed E-state index contributed by atoms with van der Waals surface area (Å²) in [6, 6.07) is 0. The van der Waals surface area contributed by atoms with E-state index in [1.165, 1.54) is 31.7 Å². The Morgan fingerprint density at radius 3 is 2.72 bits per heavy atom. The molecule has 1 aliphatic rings. The molecule has 0 aromatic heterocycles. The van der Waals surface area contributed by atoms with E-state index < -0.39 is 0 Å². The average Bonchev–Trinajstić information content (AvgIpc) is 2.37.